The van der Waals surface area contributed by atoms with Gasteiger partial charge in [0, 0.05) is 5.92 Å². The lowest BCUT2D eigenvalue weighted by atomic mass is 10.1. The Hall–Kier alpha value is -1.42. The molecule has 0 saturated heterocycles. The van der Waals surface area contributed by atoms with Crippen molar-refractivity contribution >= 4 is 27.5 Å². The Labute approximate surface area is 104 Å². The van der Waals surface area contributed by atoms with Crippen molar-refractivity contribution in [1.82, 2.24) is 4.98 Å². The molecule has 0 fully saturated rings. The average Bonchev–Trinajstić information content (AvgIpc) is 2.71. The predicted molar refractivity (Wildman–Crippen MR) is 69.9 cm³/mol. The standard InChI is InChI=1S/C13H15NO2S/c1-3-4-8(2)12-14-10-6-5-9(13(15)16)7-11(10)17-12/h5-8H,3-4H2,1-2H3,(H,15,16). The summed E-state index contributed by atoms with van der Waals surface area (Å²) in [5.41, 5.74) is 1.23. The quantitative estimate of drug-likeness (QED) is 0.894. The molecule has 0 aliphatic carbocycles. The van der Waals surface area contributed by atoms with E-state index in [1.54, 1.807) is 29.5 Å². The first kappa shape index (κ1) is 12.0. The maximum absolute atomic E-state index is 10.9. The van der Waals surface area contributed by atoms with Gasteiger partial charge in [-0.3, -0.25) is 0 Å². The molecular weight excluding hydrogens is 234 g/mol. The Morgan fingerprint density at radius 3 is 2.94 bits per heavy atom. The van der Waals surface area contributed by atoms with Crippen LogP contribution >= 0.6 is 11.3 Å². The molecule has 0 radical (unpaired) electrons. The summed E-state index contributed by atoms with van der Waals surface area (Å²) in [4.78, 5) is 15.4. The number of fused-ring (bicyclic) bond motifs is 1. The third-order valence-electron chi connectivity index (χ3n) is 2.80. The summed E-state index contributed by atoms with van der Waals surface area (Å²) in [6.45, 7) is 4.33. The van der Waals surface area contributed by atoms with Gasteiger partial charge < -0.3 is 5.11 Å². The smallest absolute Gasteiger partial charge is 0.335 e. The fourth-order valence-corrected chi connectivity index (χ4v) is 2.94. The molecule has 1 atom stereocenters. The molecule has 2 rings (SSSR count). The lowest BCUT2D eigenvalue weighted by molar-refractivity contribution is 0.0697. The Morgan fingerprint density at radius 2 is 2.29 bits per heavy atom. The number of carboxylic acids is 1. The van der Waals surface area contributed by atoms with Crippen LogP contribution in [0.25, 0.3) is 10.2 Å². The fourth-order valence-electron chi connectivity index (χ4n) is 1.84. The van der Waals surface area contributed by atoms with Crippen LogP contribution < -0.4 is 0 Å². The highest BCUT2D eigenvalue weighted by molar-refractivity contribution is 7.18. The monoisotopic (exact) mass is 249 g/mol. The van der Waals surface area contributed by atoms with E-state index < -0.39 is 5.97 Å². The summed E-state index contributed by atoms with van der Waals surface area (Å²) in [5.74, 6) is -0.436. The molecular formula is C13H15NO2S. The number of thiazole rings is 1. The van der Waals surface area contributed by atoms with Gasteiger partial charge in [0.15, 0.2) is 0 Å². The van der Waals surface area contributed by atoms with E-state index in [-0.39, 0.29) is 0 Å². The molecule has 1 aromatic carbocycles. The molecule has 0 bridgehead atoms. The Bertz CT molecular complexity index is 547. The molecule has 0 aliphatic rings. The van der Waals surface area contributed by atoms with Crippen LogP contribution in [0.15, 0.2) is 18.2 Å². The molecule has 90 valence electrons. The van der Waals surface area contributed by atoms with Crippen LogP contribution in [0, 0.1) is 0 Å². The second kappa shape index (κ2) is 4.84. The minimum Gasteiger partial charge on any atom is -0.478 e. The van der Waals surface area contributed by atoms with E-state index in [1.807, 2.05) is 0 Å². The predicted octanol–water partition coefficient (Wildman–Crippen LogP) is 3.90. The van der Waals surface area contributed by atoms with Crippen molar-refractivity contribution in [3.05, 3.63) is 28.8 Å². The SMILES string of the molecule is CCCC(C)c1nc2ccc(C(=O)O)cc2s1. The molecule has 2 aromatic rings. The number of hydrogen-bond acceptors (Lipinski definition) is 3. The van der Waals surface area contributed by atoms with Crippen LogP contribution in [-0.4, -0.2) is 16.1 Å². The van der Waals surface area contributed by atoms with Crippen molar-refractivity contribution in [1.29, 1.82) is 0 Å². The third kappa shape index (κ3) is 2.47. The van der Waals surface area contributed by atoms with Crippen LogP contribution in [0.5, 0.6) is 0 Å². The van der Waals surface area contributed by atoms with Crippen molar-refractivity contribution in [3.8, 4) is 0 Å². The lowest BCUT2D eigenvalue weighted by Crippen LogP contribution is -1.94. The van der Waals surface area contributed by atoms with Gasteiger partial charge in [-0.1, -0.05) is 20.3 Å². The molecule has 0 saturated carbocycles. The molecule has 0 spiro atoms. The molecule has 1 heterocycles. The Morgan fingerprint density at radius 1 is 1.53 bits per heavy atom. The van der Waals surface area contributed by atoms with Crippen LogP contribution in [0.3, 0.4) is 0 Å². The number of aromatic carboxylic acids is 1. The molecule has 17 heavy (non-hydrogen) atoms. The van der Waals surface area contributed by atoms with E-state index >= 15 is 0 Å². The molecule has 4 heteroatoms. The molecule has 1 aromatic heterocycles. The van der Waals surface area contributed by atoms with E-state index in [4.69, 9.17) is 5.11 Å². The molecule has 0 aliphatic heterocycles. The normalized spacial score (nSPS) is 12.8. The summed E-state index contributed by atoms with van der Waals surface area (Å²) in [6.07, 6.45) is 2.25. The van der Waals surface area contributed by atoms with Crippen molar-refractivity contribution in [2.24, 2.45) is 0 Å². The zero-order valence-corrected chi connectivity index (χ0v) is 10.8. The van der Waals surface area contributed by atoms with Gasteiger partial charge in [0.05, 0.1) is 20.8 Å². The Balaban J connectivity index is 2.40. The molecule has 1 unspecified atom stereocenters. The van der Waals surface area contributed by atoms with E-state index in [1.165, 1.54) is 0 Å². The topological polar surface area (TPSA) is 50.2 Å². The van der Waals surface area contributed by atoms with E-state index in [0.717, 1.165) is 28.1 Å². The lowest BCUT2D eigenvalue weighted by Gasteiger charge is -2.03. The van der Waals surface area contributed by atoms with Crippen molar-refractivity contribution < 1.29 is 9.90 Å². The second-order valence-electron chi connectivity index (χ2n) is 4.23. The summed E-state index contributed by atoms with van der Waals surface area (Å²) < 4.78 is 0.961. The summed E-state index contributed by atoms with van der Waals surface area (Å²) in [7, 11) is 0. The van der Waals surface area contributed by atoms with Gasteiger partial charge >= 0.3 is 5.97 Å². The number of rotatable bonds is 4. The number of hydrogen-bond donors (Lipinski definition) is 1. The first-order valence-electron chi connectivity index (χ1n) is 5.75. The number of carboxylic acid groups (broad SMARTS) is 1. The first-order chi connectivity index (χ1) is 8.11. The Kier molecular flexibility index (Phi) is 3.43. The molecule has 1 N–H and O–H groups in total. The van der Waals surface area contributed by atoms with Crippen molar-refractivity contribution in [2.45, 2.75) is 32.6 Å². The average molecular weight is 249 g/mol. The highest BCUT2D eigenvalue weighted by Crippen LogP contribution is 2.30. The number of nitrogens with zero attached hydrogens (tertiary/aromatic N) is 1. The summed E-state index contributed by atoms with van der Waals surface area (Å²) in [6, 6.07) is 5.10. The van der Waals surface area contributed by atoms with E-state index in [0.29, 0.717) is 11.5 Å². The van der Waals surface area contributed by atoms with Crippen LogP contribution in [-0.2, 0) is 0 Å². The number of benzene rings is 1. The minimum atomic E-state index is -0.886. The summed E-state index contributed by atoms with van der Waals surface area (Å²) >= 11 is 1.60. The van der Waals surface area contributed by atoms with Gasteiger partial charge in [-0.25, -0.2) is 9.78 Å². The van der Waals surface area contributed by atoms with Crippen molar-refractivity contribution in [3.63, 3.8) is 0 Å². The number of aromatic nitrogens is 1. The van der Waals surface area contributed by atoms with Gasteiger partial charge in [-0.2, -0.15) is 0 Å². The largest absolute Gasteiger partial charge is 0.478 e. The summed E-state index contributed by atoms with van der Waals surface area (Å²) in [5, 5.41) is 10.0. The first-order valence-corrected chi connectivity index (χ1v) is 6.57. The van der Waals surface area contributed by atoms with Crippen LogP contribution in [0.4, 0.5) is 0 Å². The molecule has 3 nitrogen and oxygen atoms in total. The van der Waals surface area contributed by atoms with Gasteiger partial charge in [0.25, 0.3) is 0 Å². The minimum absolute atomic E-state index is 0.329. The zero-order valence-electron chi connectivity index (χ0n) is 9.93. The van der Waals surface area contributed by atoms with Gasteiger partial charge in [0.1, 0.15) is 0 Å². The van der Waals surface area contributed by atoms with E-state index in [2.05, 4.69) is 18.8 Å². The van der Waals surface area contributed by atoms with Crippen LogP contribution in [0.2, 0.25) is 0 Å². The maximum atomic E-state index is 10.9. The zero-order chi connectivity index (χ0) is 12.4. The van der Waals surface area contributed by atoms with Crippen LogP contribution in [0.1, 0.15) is 48.0 Å². The third-order valence-corrected chi connectivity index (χ3v) is 4.04. The highest BCUT2D eigenvalue weighted by atomic mass is 32.1. The number of carbonyl (C=O) groups is 1. The maximum Gasteiger partial charge on any atom is 0.335 e. The van der Waals surface area contributed by atoms with Crippen molar-refractivity contribution in [2.75, 3.05) is 0 Å². The second-order valence-corrected chi connectivity index (χ2v) is 5.29. The highest BCUT2D eigenvalue weighted by Gasteiger charge is 2.12. The van der Waals surface area contributed by atoms with Gasteiger partial charge in [0.2, 0.25) is 0 Å². The fraction of sp³-hybridized carbons (Fsp3) is 0.385. The van der Waals surface area contributed by atoms with Gasteiger partial charge in [-0.05, 0) is 24.6 Å². The van der Waals surface area contributed by atoms with E-state index in [9.17, 15) is 4.79 Å². The van der Waals surface area contributed by atoms with Gasteiger partial charge in [-0.15, -0.1) is 11.3 Å². The molecule has 0 amide bonds.